The van der Waals surface area contributed by atoms with Crippen LogP contribution in [0.4, 0.5) is 0 Å². The fraction of sp³-hybridized carbons (Fsp3) is 0.632. The quantitative estimate of drug-likeness (QED) is 0.790. The third-order valence-electron chi connectivity index (χ3n) is 5.61. The molecule has 2 fully saturated rings. The summed E-state index contributed by atoms with van der Waals surface area (Å²) in [5.74, 6) is 2.34. The van der Waals surface area contributed by atoms with Gasteiger partial charge in [-0.3, -0.25) is 4.79 Å². The Kier molecular flexibility index (Phi) is 5.15. The monoisotopic (exact) mass is 359 g/mol. The zero-order chi connectivity index (χ0) is 17.1. The Bertz CT molecular complexity index is 683. The van der Waals surface area contributed by atoms with Gasteiger partial charge in [-0.2, -0.15) is 0 Å². The second-order valence-corrected chi connectivity index (χ2v) is 8.28. The highest BCUT2D eigenvalue weighted by atomic mass is 32.1. The van der Waals surface area contributed by atoms with E-state index in [1.54, 1.807) is 17.6 Å². The van der Waals surface area contributed by atoms with E-state index in [1.165, 1.54) is 25.7 Å². The standard InChI is InChI=1S/C19H25N3O2S/c23-17(8-7-14-4-1-2-5-14)22-11-9-15(10-12-22)18-20-21-19(25-18)16-6-3-13-24-16/h3,6,13-15H,1-2,4-5,7-12H2. The minimum absolute atomic E-state index is 0.346. The molecule has 2 aliphatic rings. The highest BCUT2D eigenvalue weighted by Crippen LogP contribution is 2.34. The summed E-state index contributed by atoms with van der Waals surface area (Å²) in [6.45, 7) is 1.70. The minimum Gasteiger partial charge on any atom is -0.462 e. The number of carbonyl (C=O) groups is 1. The summed E-state index contributed by atoms with van der Waals surface area (Å²) in [7, 11) is 0. The van der Waals surface area contributed by atoms with Gasteiger partial charge in [-0.15, -0.1) is 10.2 Å². The van der Waals surface area contributed by atoms with Gasteiger partial charge in [0.1, 0.15) is 5.01 Å². The van der Waals surface area contributed by atoms with Crippen LogP contribution in [0, 0.1) is 5.92 Å². The molecule has 2 aromatic heterocycles. The van der Waals surface area contributed by atoms with Crippen molar-refractivity contribution in [3.05, 3.63) is 23.4 Å². The van der Waals surface area contributed by atoms with Gasteiger partial charge in [-0.25, -0.2) is 0 Å². The third kappa shape index (κ3) is 3.94. The van der Waals surface area contributed by atoms with Crippen molar-refractivity contribution in [2.75, 3.05) is 13.1 Å². The van der Waals surface area contributed by atoms with Gasteiger partial charge in [-0.05, 0) is 37.3 Å². The predicted octanol–water partition coefficient (Wildman–Crippen LogP) is 4.47. The second-order valence-electron chi connectivity index (χ2n) is 7.27. The van der Waals surface area contributed by atoms with E-state index < -0.39 is 0 Å². The van der Waals surface area contributed by atoms with Crippen molar-refractivity contribution >= 4 is 17.2 Å². The highest BCUT2D eigenvalue weighted by Gasteiger charge is 2.27. The van der Waals surface area contributed by atoms with Crippen LogP contribution < -0.4 is 0 Å². The molecule has 1 saturated heterocycles. The van der Waals surface area contributed by atoms with Crippen molar-refractivity contribution in [2.45, 2.75) is 57.3 Å². The molecule has 1 aliphatic carbocycles. The number of likely N-dealkylation sites (tertiary alicyclic amines) is 1. The molecule has 1 aliphatic heterocycles. The average Bonchev–Trinajstić information content (AvgIpc) is 3.42. The molecule has 0 N–H and O–H groups in total. The van der Waals surface area contributed by atoms with Gasteiger partial charge in [0.15, 0.2) is 10.8 Å². The fourth-order valence-electron chi connectivity index (χ4n) is 4.06. The first-order valence-electron chi connectivity index (χ1n) is 9.44. The van der Waals surface area contributed by atoms with Gasteiger partial charge in [0.2, 0.25) is 5.91 Å². The molecule has 25 heavy (non-hydrogen) atoms. The molecule has 0 bridgehead atoms. The number of nitrogens with zero attached hydrogens (tertiary/aromatic N) is 3. The van der Waals surface area contributed by atoms with Gasteiger partial charge < -0.3 is 9.32 Å². The first-order chi connectivity index (χ1) is 12.3. The Hall–Kier alpha value is -1.69. The molecule has 0 spiro atoms. The van der Waals surface area contributed by atoms with Crippen LogP contribution in [-0.2, 0) is 4.79 Å². The Morgan fingerprint density at radius 1 is 1.20 bits per heavy atom. The second kappa shape index (κ2) is 7.68. The lowest BCUT2D eigenvalue weighted by Crippen LogP contribution is -2.37. The lowest BCUT2D eigenvalue weighted by Gasteiger charge is -2.31. The number of amides is 1. The summed E-state index contributed by atoms with van der Waals surface area (Å²) in [6, 6.07) is 3.78. The van der Waals surface area contributed by atoms with Gasteiger partial charge in [0, 0.05) is 25.4 Å². The van der Waals surface area contributed by atoms with Crippen LogP contribution in [0.5, 0.6) is 0 Å². The Morgan fingerprint density at radius 3 is 2.72 bits per heavy atom. The molecular weight excluding hydrogens is 334 g/mol. The number of hydrogen-bond acceptors (Lipinski definition) is 5. The van der Waals surface area contributed by atoms with E-state index in [9.17, 15) is 4.79 Å². The van der Waals surface area contributed by atoms with Crippen molar-refractivity contribution in [1.82, 2.24) is 15.1 Å². The number of aromatic nitrogens is 2. The molecule has 0 unspecified atom stereocenters. The summed E-state index contributed by atoms with van der Waals surface area (Å²) in [6.07, 6.45) is 10.8. The molecule has 4 rings (SSSR count). The predicted molar refractivity (Wildman–Crippen MR) is 97.4 cm³/mol. The van der Waals surface area contributed by atoms with Crippen LogP contribution >= 0.6 is 11.3 Å². The lowest BCUT2D eigenvalue weighted by molar-refractivity contribution is -0.132. The molecule has 1 saturated carbocycles. The van der Waals surface area contributed by atoms with E-state index in [0.717, 1.165) is 60.5 Å². The van der Waals surface area contributed by atoms with Crippen molar-refractivity contribution < 1.29 is 9.21 Å². The number of piperidine rings is 1. The van der Waals surface area contributed by atoms with Crippen LogP contribution in [0.3, 0.4) is 0 Å². The first-order valence-corrected chi connectivity index (χ1v) is 10.3. The van der Waals surface area contributed by atoms with Gasteiger partial charge in [-0.1, -0.05) is 37.0 Å². The molecule has 1 amide bonds. The SMILES string of the molecule is O=C(CCC1CCCC1)N1CCC(c2nnc(-c3ccco3)s2)CC1. The lowest BCUT2D eigenvalue weighted by atomic mass is 9.96. The molecular formula is C19H25N3O2S. The van der Waals surface area contributed by atoms with Gasteiger partial charge in [0.25, 0.3) is 0 Å². The van der Waals surface area contributed by atoms with Crippen molar-refractivity contribution in [1.29, 1.82) is 0 Å². The molecule has 6 heteroatoms. The summed E-state index contributed by atoms with van der Waals surface area (Å²) >= 11 is 1.61. The third-order valence-corrected chi connectivity index (χ3v) is 6.71. The Morgan fingerprint density at radius 2 is 2.00 bits per heavy atom. The van der Waals surface area contributed by atoms with Crippen molar-refractivity contribution in [3.63, 3.8) is 0 Å². The van der Waals surface area contributed by atoms with Crippen LogP contribution in [0.15, 0.2) is 22.8 Å². The summed E-state index contributed by atoms with van der Waals surface area (Å²) < 4.78 is 5.39. The van der Waals surface area contributed by atoms with E-state index >= 15 is 0 Å². The van der Waals surface area contributed by atoms with E-state index in [-0.39, 0.29) is 0 Å². The first kappa shape index (κ1) is 16.8. The fourth-order valence-corrected chi connectivity index (χ4v) is 5.04. The molecule has 0 aromatic carbocycles. The van der Waals surface area contributed by atoms with E-state index in [0.29, 0.717) is 11.8 Å². The van der Waals surface area contributed by atoms with E-state index in [4.69, 9.17) is 4.42 Å². The molecule has 3 heterocycles. The average molecular weight is 359 g/mol. The summed E-state index contributed by atoms with van der Waals surface area (Å²) in [4.78, 5) is 14.5. The zero-order valence-electron chi connectivity index (χ0n) is 14.5. The van der Waals surface area contributed by atoms with Gasteiger partial charge >= 0.3 is 0 Å². The maximum atomic E-state index is 12.4. The highest BCUT2D eigenvalue weighted by molar-refractivity contribution is 7.14. The zero-order valence-corrected chi connectivity index (χ0v) is 15.3. The van der Waals surface area contributed by atoms with Crippen LogP contribution in [-0.4, -0.2) is 34.1 Å². The molecule has 134 valence electrons. The summed E-state index contributed by atoms with van der Waals surface area (Å²) in [5, 5.41) is 10.5. The molecule has 5 nitrogen and oxygen atoms in total. The van der Waals surface area contributed by atoms with Crippen molar-refractivity contribution in [3.8, 4) is 10.8 Å². The number of furan rings is 1. The van der Waals surface area contributed by atoms with Crippen molar-refractivity contribution in [2.24, 2.45) is 5.92 Å². The molecule has 2 aromatic rings. The largest absolute Gasteiger partial charge is 0.462 e. The Balaban J connectivity index is 1.27. The van der Waals surface area contributed by atoms with Crippen LogP contribution in [0.25, 0.3) is 10.8 Å². The van der Waals surface area contributed by atoms with Crippen LogP contribution in [0.2, 0.25) is 0 Å². The van der Waals surface area contributed by atoms with E-state index in [2.05, 4.69) is 15.1 Å². The van der Waals surface area contributed by atoms with E-state index in [1.807, 2.05) is 12.1 Å². The maximum Gasteiger partial charge on any atom is 0.222 e. The summed E-state index contributed by atoms with van der Waals surface area (Å²) in [5.41, 5.74) is 0. The molecule has 0 radical (unpaired) electrons. The Labute approximate surface area is 152 Å². The molecule has 0 atom stereocenters. The van der Waals surface area contributed by atoms with Gasteiger partial charge in [0.05, 0.1) is 6.26 Å². The maximum absolute atomic E-state index is 12.4. The normalized spacial score (nSPS) is 19.6. The number of rotatable bonds is 5. The smallest absolute Gasteiger partial charge is 0.222 e. The minimum atomic E-state index is 0.346. The topological polar surface area (TPSA) is 59.2 Å². The number of hydrogen-bond donors (Lipinski definition) is 0. The van der Waals surface area contributed by atoms with Crippen LogP contribution in [0.1, 0.15) is 62.3 Å². The number of carbonyl (C=O) groups excluding carboxylic acids is 1.